The highest BCUT2D eigenvalue weighted by molar-refractivity contribution is 6.17. The van der Waals surface area contributed by atoms with E-state index in [1.54, 1.807) is 7.11 Å². The zero-order valence-electron chi connectivity index (χ0n) is 12.3. The van der Waals surface area contributed by atoms with Crippen molar-refractivity contribution in [2.24, 2.45) is 0 Å². The summed E-state index contributed by atoms with van der Waals surface area (Å²) in [7, 11) is 1.64. The predicted molar refractivity (Wildman–Crippen MR) is 84.7 cm³/mol. The Bertz CT molecular complexity index is 567. The van der Waals surface area contributed by atoms with E-state index < -0.39 is 0 Å². The molecule has 0 spiro atoms. The summed E-state index contributed by atoms with van der Waals surface area (Å²) in [5, 5.41) is 0. The minimum atomic E-state index is 0.441. The zero-order chi connectivity index (χ0) is 15.1. The van der Waals surface area contributed by atoms with E-state index in [9.17, 15) is 0 Å². The molecule has 2 aromatic rings. The van der Waals surface area contributed by atoms with Crippen molar-refractivity contribution in [3.05, 3.63) is 53.6 Å². The molecule has 0 amide bonds. The van der Waals surface area contributed by atoms with Gasteiger partial charge in [0.05, 0.1) is 13.0 Å². The van der Waals surface area contributed by atoms with Gasteiger partial charge in [-0.15, -0.1) is 11.6 Å². The second-order valence-corrected chi connectivity index (χ2v) is 4.88. The number of alkyl halides is 1. The smallest absolute Gasteiger partial charge is 0.123 e. The van der Waals surface area contributed by atoms with E-state index in [0.29, 0.717) is 19.1 Å². The Balaban J connectivity index is 1.81. The van der Waals surface area contributed by atoms with Gasteiger partial charge < -0.3 is 14.2 Å². The Morgan fingerprint density at radius 1 is 0.905 bits per heavy atom. The van der Waals surface area contributed by atoms with E-state index in [1.807, 2.05) is 49.4 Å². The Hall–Kier alpha value is -1.87. The monoisotopic (exact) mass is 306 g/mol. The van der Waals surface area contributed by atoms with Crippen molar-refractivity contribution >= 4 is 11.6 Å². The molecule has 0 aliphatic carbocycles. The van der Waals surface area contributed by atoms with Crippen molar-refractivity contribution in [1.29, 1.82) is 0 Å². The maximum atomic E-state index is 5.92. The number of hydrogen-bond donors (Lipinski definition) is 0. The standard InChI is InChI=1S/C17H19ClO3/c1-13-3-8-17(14(11-13)12-18)21-10-9-20-16-6-4-15(19-2)5-7-16/h3-8,11H,9-10,12H2,1-2H3. The van der Waals surface area contributed by atoms with Crippen molar-refractivity contribution in [3.8, 4) is 17.2 Å². The van der Waals surface area contributed by atoms with Crippen LogP contribution in [0, 0.1) is 6.92 Å². The van der Waals surface area contributed by atoms with Crippen LogP contribution in [-0.2, 0) is 5.88 Å². The molecule has 0 aliphatic heterocycles. The summed E-state index contributed by atoms with van der Waals surface area (Å²) in [6.45, 7) is 2.98. The summed E-state index contributed by atoms with van der Waals surface area (Å²) >= 11 is 5.92. The van der Waals surface area contributed by atoms with Crippen molar-refractivity contribution in [2.45, 2.75) is 12.8 Å². The Morgan fingerprint density at radius 2 is 1.57 bits per heavy atom. The molecule has 0 fully saturated rings. The average molecular weight is 307 g/mol. The number of benzene rings is 2. The van der Waals surface area contributed by atoms with E-state index >= 15 is 0 Å². The normalized spacial score (nSPS) is 10.2. The molecule has 112 valence electrons. The molecule has 2 aromatic carbocycles. The van der Waals surface area contributed by atoms with E-state index in [2.05, 4.69) is 0 Å². The quantitative estimate of drug-likeness (QED) is 0.567. The minimum absolute atomic E-state index is 0.441. The summed E-state index contributed by atoms with van der Waals surface area (Å²) < 4.78 is 16.4. The molecule has 0 aromatic heterocycles. The number of hydrogen-bond acceptors (Lipinski definition) is 3. The fourth-order valence-electron chi connectivity index (χ4n) is 1.94. The SMILES string of the molecule is COc1ccc(OCCOc2ccc(C)cc2CCl)cc1. The molecule has 0 aliphatic rings. The molecule has 0 saturated carbocycles. The maximum Gasteiger partial charge on any atom is 0.123 e. The molecule has 0 radical (unpaired) electrons. The zero-order valence-corrected chi connectivity index (χ0v) is 13.0. The summed E-state index contributed by atoms with van der Waals surface area (Å²) in [6, 6.07) is 13.5. The molecule has 4 heteroatoms. The number of aryl methyl sites for hydroxylation is 1. The maximum absolute atomic E-state index is 5.92. The number of rotatable bonds is 7. The van der Waals surface area contributed by atoms with Crippen LogP contribution in [0.4, 0.5) is 0 Å². The first-order valence-corrected chi connectivity index (χ1v) is 7.31. The molecule has 3 nitrogen and oxygen atoms in total. The third kappa shape index (κ3) is 4.57. The van der Waals surface area contributed by atoms with Crippen LogP contribution in [0.2, 0.25) is 0 Å². The number of ether oxygens (including phenoxy) is 3. The van der Waals surface area contributed by atoms with Crippen LogP contribution in [0.25, 0.3) is 0 Å². The second kappa shape index (κ2) is 7.79. The van der Waals surface area contributed by atoms with Gasteiger partial charge in [-0.3, -0.25) is 0 Å². The van der Waals surface area contributed by atoms with Crippen LogP contribution < -0.4 is 14.2 Å². The van der Waals surface area contributed by atoms with E-state index in [4.69, 9.17) is 25.8 Å². The van der Waals surface area contributed by atoms with Gasteiger partial charge in [-0.05, 0) is 37.3 Å². The lowest BCUT2D eigenvalue weighted by Crippen LogP contribution is -2.09. The lowest BCUT2D eigenvalue weighted by Gasteiger charge is -2.11. The van der Waals surface area contributed by atoms with E-state index in [-0.39, 0.29) is 0 Å². The Labute approximate surface area is 130 Å². The summed E-state index contributed by atoms with van der Waals surface area (Å²) in [5.41, 5.74) is 2.17. The first-order chi connectivity index (χ1) is 10.2. The first kappa shape index (κ1) is 15.5. The Kier molecular flexibility index (Phi) is 5.76. The highest BCUT2D eigenvalue weighted by Crippen LogP contribution is 2.22. The molecule has 0 N–H and O–H groups in total. The van der Waals surface area contributed by atoms with Crippen LogP contribution in [0.5, 0.6) is 17.2 Å². The average Bonchev–Trinajstić information content (AvgIpc) is 2.53. The lowest BCUT2D eigenvalue weighted by molar-refractivity contribution is 0.216. The predicted octanol–water partition coefficient (Wildman–Crippen LogP) is 4.20. The van der Waals surface area contributed by atoms with Gasteiger partial charge in [0.25, 0.3) is 0 Å². The summed E-state index contributed by atoms with van der Waals surface area (Å²) in [6.07, 6.45) is 0. The summed E-state index contributed by atoms with van der Waals surface area (Å²) in [4.78, 5) is 0. The molecule has 2 rings (SSSR count). The topological polar surface area (TPSA) is 27.7 Å². The second-order valence-electron chi connectivity index (χ2n) is 4.62. The largest absolute Gasteiger partial charge is 0.497 e. The molecule has 0 heterocycles. The van der Waals surface area contributed by atoms with E-state index in [1.165, 1.54) is 5.56 Å². The van der Waals surface area contributed by atoms with Crippen LogP contribution >= 0.6 is 11.6 Å². The fourth-order valence-corrected chi connectivity index (χ4v) is 2.15. The number of methoxy groups -OCH3 is 1. The van der Waals surface area contributed by atoms with Gasteiger partial charge in [0.15, 0.2) is 0 Å². The molecule has 21 heavy (non-hydrogen) atoms. The van der Waals surface area contributed by atoms with Gasteiger partial charge in [0, 0.05) is 5.56 Å². The van der Waals surface area contributed by atoms with Gasteiger partial charge in [-0.25, -0.2) is 0 Å². The fraction of sp³-hybridized carbons (Fsp3) is 0.294. The molecule has 0 bridgehead atoms. The molecular weight excluding hydrogens is 288 g/mol. The van der Waals surface area contributed by atoms with Gasteiger partial charge in [0.2, 0.25) is 0 Å². The highest BCUT2D eigenvalue weighted by atomic mass is 35.5. The van der Waals surface area contributed by atoms with Crippen molar-refractivity contribution in [3.63, 3.8) is 0 Å². The molecule has 0 atom stereocenters. The number of halogens is 1. The molecule has 0 saturated heterocycles. The van der Waals surface area contributed by atoms with Crippen LogP contribution in [-0.4, -0.2) is 20.3 Å². The van der Waals surface area contributed by atoms with Crippen LogP contribution in [0.3, 0.4) is 0 Å². The van der Waals surface area contributed by atoms with Crippen molar-refractivity contribution in [1.82, 2.24) is 0 Å². The van der Waals surface area contributed by atoms with Gasteiger partial charge >= 0.3 is 0 Å². The lowest BCUT2D eigenvalue weighted by atomic mass is 10.1. The third-order valence-corrected chi connectivity index (χ3v) is 3.32. The molecular formula is C17H19ClO3. The minimum Gasteiger partial charge on any atom is -0.497 e. The van der Waals surface area contributed by atoms with Crippen LogP contribution in [0.1, 0.15) is 11.1 Å². The van der Waals surface area contributed by atoms with Crippen LogP contribution in [0.15, 0.2) is 42.5 Å². The third-order valence-electron chi connectivity index (χ3n) is 3.03. The van der Waals surface area contributed by atoms with E-state index in [0.717, 1.165) is 22.8 Å². The van der Waals surface area contributed by atoms with Gasteiger partial charge in [-0.2, -0.15) is 0 Å². The summed E-state index contributed by atoms with van der Waals surface area (Å²) in [5.74, 6) is 2.86. The highest BCUT2D eigenvalue weighted by Gasteiger charge is 2.03. The van der Waals surface area contributed by atoms with Gasteiger partial charge in [-0.1, -0.05) is 17.7 Å². The Morgan fingerprint density at radius 3 is 2.24 bits per heavy atom. The van der Waals surface area contributed by atoms with Crippen molar-refractivity contribution in [2.75, 3.05) is 20.3 Å². The van der Waals surface area contributed by atoms with Crippen molar-refractivity contribution < 1.29 is 14.2 Å². The molecule has 0 unspecified atom stereocenters. The van der Waals surface area contributed by atoms with Gasteiger partial charge in [0.1, 0.15) is 30.5 Å². The first-order valence-electron chi connectivity index (χ1n) is 6.78.